The number of hydrogen-bond donors (Lipinski definition) is 0. The molecule has 1 heterocycles. The summed E-state index contributed by atoms with van der Waals surface area (Å²) in [6.07, 6.45) is 4.03. The molecule has 0 aliphatic rings. The Kier molecular flexibility index (Phi) is 3.34. The molecule has 1 aromatic rings. The van der Waals surface area contributed by atoms with Crippen molar-refractivity contribution in [1.82, 2.24) is 9.88 Å². The van der Waals surface area contributed by atoms with Crippen LogP contribution in [-0.2, 0) is 0 Å². The Bertz CT molecular complexity index is 344. The molecule has 4 heteroatoms. The fourth-order valence-corrected chi connectivity index (χ4v) is 0.824. The Morgan fingerprint density at radius 2 is 2.21 bits per heavy atom. The van der Waals surface area contributed by atoms with Crippen LogP contribution < -0.4 is 0 Å². The predicted octanol–water partition coefficient (Wildman–Crippen LogP) is 1.48. The van der Waals surface area contributed by atoms with Gasteiger partial charge in [-0.2, -0.15) is 0 Å². The van der Waals surface area contributed by atoms with Gasteiger partial charge >= 0.3 is 0 Å². The molecule has 0 spiro atoms. The molecular weight excluding hydrogens is 183 g/mol. The smallest absolute Gasteiger partial charge is 0.205 e. The Morgan fingerprint density at radius 1 is 1.50 bits per heavy atom. The predicted molar refractivity (Wildman–Crippen MR) is 51.4 cm³/mol. The number of ketones is 1. The minimum absolute atomic E-state index is 0.237. The Hall–Kier alpha value is -1.71. The highest BCUT2D eigenvalue weighted by molar-refractivity contribution is 6.02. The van der Waals surface area contributed by atoms with Crippen LogP contribution in [0.15, 0.2) is 30.6 Å². The molecule has 74 valence electrons. The van der Waals surface area contributed by atoms with Gasteiger partial charge in [0.2, 0.25) is 5.78 Å². The van der Waals surface area contributed by atoms with Gasteiger partial charge in [-0.15, -0.1) is 0 Å². The van der Waals surface area contributed by atoms with Gasteiger partial charge in [0.15, 0.2) is 0 Å². The first-order valence-corrected chi connectivity index (χ1v) is 4.10. The lowest BCUT2D eigenvalue weighted by molar-refractivity contribution is 0.104. The fourth-order valence-electron chi connectivity index (χ4n) is 0.824. The molecule has 0 atom stereocenters. The van der Waals surface area contributed by atoms with Gasteiger partial charge in [-0.25, -0.2) is 9.37 Å². The van der Waals surface area contributed by atoms with Crippen LogP contribution in [0.5, 0.6) is 0 Å². The molecule has 0 N–H and O–H groups in total. The third-order valence-electron chi connectivity index (χ3n) is 1.50. The second kappa shape index (κ2) is 4.50. The number of nitrogens with zero attached hydrogens (tertiary/aromatic N) is 2. The van der Waals surface area contributed by atoms with Crippen LogP contribution in [-0.4, -0.2) is 29.8 Å². The van der Waals surface area contributed by atoms with Crippen molar-refractivity contribution in [1.29, 1.82) is 0 Å². The molecule has 0 unspecified atom stereocenters. The molecule has 0 aromatic carbocycles. The number of rotatable bonds is 3. The van der Waals surface area contributed by atoms with Crippen LogP contribution in [0, 0.1) is 5.82 Å². The lowest BCUT2D eigenvalue weighted by atomic mass is 10.2. The summed E-state index contributed by atoms with van der Waals surface area (Å²) in [5, 5.41) is 0. The van der Waals surface area contributed by atoms with Crippen LogP contribution in [0.3, 0.4) is 0 Å². The van der Waals surface area contributed by atoms with Gasteiger partial charge in [-0.05, 0) is 12.1 Å². The number of allylic oxidation sites excluding steroid dienone is 1. The van der Waals surface area contributed by atoms with E-state index in [0.29, 0.717) is 0 Å². The summed E-state index contributed by atoms with van der Waals surface area (Å²) >= 11 is 0. The summed E-state index contributed by atoms with van der Waals surface area (Å²) in [5.74, 6) is -0.683. The molecule has 0 radical (unpaired) electrons. The minimum atomic E-state index is -0.446. The largest absolute Gasteiger partial charge is 0.383 e. The van der Waals surface area contributed by atoms with Crippen LogP contribution >= 0.6 is 0 Å². The molecule has 1 rings (SSSR count). The van der Waals surface area contributed by atoms with Crippen molar-refractivity contribution in [2.45, 2.75) is 0 Å². The SMILES string of the molecule is CN(C)/C=C\C(=O)c1ccc(F)cn1. The minimum Gasteiger partial charge on any atom is -0.383 e. The average molecular weight is 194 g/mol. The van der Waals surface area contributed by atoms with E-state index in [-0.39, 0.29) is 11.5 Å². The quantitative estimate of drug-likeness (QED) is 0.539. The number of pyridine rings is 1. The first-order chi connectivity index (χ1) is 6.59. The fraction of sp³-hybridized carbons (Fsp3) is 0.200. The normalized spacial score (nSPS) is 10.5. The standard InChI is InChI=1S/C10H11FN2O/c1-13(2)6-5-10(14)9-4-3-8(11)7-12-9/h3-7H,1-2H3/b6-5-. The van der Waals surface area contributed by atoms with Gasteiger partial charge in [0, 0.05) is 26.4 Å². The topological polar surface area (TPSA) is 33.2 Å². The monoisotopic (exact) mass is 194 g/mol. The van der Waals surface area contributed by atoms with Gasteiger partial charge in [-0.1, -0.05) is 0 Å². The van der Waals surface area contributed by atoms with Crippen molar-refractivity contribution >= 4 is 5.78 Å². The zero-order chi connectivity index (χ0) is 10.6. The number of carbonyl (C=O) groups is 1. The summed E-state index contributed by atoms with van der Waals surface area (Å²) in [6, 6.07) is 2.57. The lowest BCUT2D eigenvalue weighted by Gasteiger charge is -2.02. The maximum atomic E-state index is 12.5. The van der Waals surface area contributed by atoms with E-state index in [1.54, 1.807) is 11.1 Å². The first-order valence-electron chi connectivity index (χ1n) is 4.10. The molecule has 0 amide bonds. The first kappa shape index (κ1) is 10.4. The highest BCUT2D eigenvalue weighted by Crippen LogP contribution is 2.00. The summed E-state index contributed by atoms with van der Waals surface area (Å²) in [6.45, 7) is 0. The number of halogens is 1. The van der Waals surface area contributed by atoms with Gasteiger partial charge in [0.05, 0.1) is 6.20 Å². The van der Waals surface area contributed by atoms with Crippen molar-refractivity contribution in [2.24, 2.45) is 0 Å². The summed E-state index contributed by atoms with van der Waals surface area (Å²) in [7, 11) is 3.61. The third kappa shape index (κ3) is 2.97. The van der Waals surface area contributed by atoms with Crippen molar-refractivity contribution in [3.63, 3.8) is 0 Å². The maximum absolute atomic E-state index is 12.5. The van der Waals surface area contributed by atoms with E-state index in [1.807, 2.05) is 14.1 Å². The zero-order valence-electron chi connectivity index (χ0n) is 8.07. The van der Waals surface area contributed by atoms with E-state index in [1.165, 1.54) is 18.2 Å². The van der Waals surface area contributed by atoms with Crippen LogP contribution in [0.4, 0.5) is 4.39 Å². The number of carbonyl (C=O) groups excluding carboxylic acids is 1. The molecule has 0 aliphatic carbocycles. The summed E-state index contributed by atoms with van der Waals surface area (Å²) < 4.78 is 12.5. The lowest BCUT2D eigenvalue weighted by Crippen LogP contribution is -2.04. The average Bonchev–Trinajstić information content (AvgIpc) is 2.15. The third-order valence-corrected chi connectivity index (χ3v) is 1.50. The van der Waals surface area contributed by atoms with E-state index >= 15 is 0 Å². The van der Waals surface area contributed by atoms with Crippen LogP contribution in [0.2, 0.25) is 0 Å². The Labute approximate surface area is 81.9 Å². The summed E-state index contributed by atoms with van der Waals surface area (Å²) in [5.41, 5.74) is 0.240. The molecule has 1 aromatic heterocycles. The molecule has 14 heavy (non-hydrogen) atoms. The molecule has 0 saturated heterocycles. The summed E-state index contributed by atoms with van der Waals surface area (Å²) in [4.78, 5) is 16.8. The second-order valence-corrected chi connectivity index (χ2v) is 3.01. The molecular formula is C10H11FN2O. The molecule has 3 nitrogen and oxygen atoms in total. The van der Waals surface area contributed by atoms with Gasteiger partial charge in [0.25, 0.3) is 0 Å². The van der Waals surface area contributed by atoms with Crippen molar-refractivity contribution < 1.29 is 9.18 Å². The van der Waals surface area contributed by atoms with E-state index in [9.17, 15) is 9.18 Å². The second-order valence-electron chi connectivity index (χ2n) is 3.01. The van der Waals surface area contributed by atoms with E-state index in [0.717, 1.165) is 6.20 Å². The van der Waals surface area contributed by atoms with Gasteiger partial charge in [0.1, 0.15) is 11.5 Å². The van der Waals surface area contributed by atoms with Crippen LogP contribution in [0.1, 0.15) is 10.5 Å². The number of aromatic nitrogens is 1. The van der Waals surface area contributed by atoms with E-state index < -0.39 is 5.82 Å². The molecule has 0 saturated carbocycles. The van der Waals surface area contributed by atoms with Crippen molar-refractivity contribution in [3.8, 4) is 0 Å². The highest BCUT2D eigenvalue weighted by Gasteiger charge is 2.02. The van der Waals surface area contributed by atoms with E-state index in [2.05, 4.69) is 4.98 Å². The van der Waals surface area contributed by atoms with Gasteiger partial charge in [-0.3, -0.25) is 4.79 Å². The number of hydrogen-bond acceptors (Lipinski definition) is 3. The molecule has 0 fully saturated rings. The molecule has 0 aliphatic heterocycles. The Morgan fingerprint density at radius 3 is 2.71 bits per heavy atom. The van der Waals surface area contributed by atoms with Crippen LogP contribution in [0.25, 0.3) is 0 Å². The van der Waals surface area contributed by atoms with E-state index in [4.69, 9.17) is 0 Å². The van der Waals surface area contributed by atoms with Crippen molar-refractivity contribution in [2.75, 3.05) is 14.1 Å². The van der Waals surface area contributed by atoms with Crippen molar-refractivity contribution in [3.05, 3.63) is 42.1 Å². The Balaban J connectivity index is 2.75. The zero-order valence-corrected chi connectivity index (χ0v) is 8.07. The highest BCUT2D eigenvalue weighted by atomic mass is 19.1. The molecule has 0 bridgehead atoms. The van der Waals surface area contributed by atoms with Gasteiger partial charge < -0.3 is 4.90 Å². The maximum Gasteiger partial charge on any atom is 0.205 e.